The second kappa shape index (κ2) is 8.03. The van der Waals surface area contributed by atoms with Gasteiger partial charge in [0.25, 0.3) is 0 Å². The Morgan fingerprint density at radius 3 is 2.45 bits per heavy atom. The van der Waals surface area contributed by atoms with Gasteiger partial charge < -0.3 is 13.9 Å². The molecule has 5 heteroatoms. The minimum absolute atomic E-state index is 0.329. The van der Waals surface area contributed by atoms with Crippen LogP contribution in [0.25, 0.3) is 6.08 Å². The number of carbonyl (C=O) groups is 1. The summed E-state index contributed by atoms with van der Waals surface area (Å²) in [5, 5.41) is 0. The van der Waals surface area contributed by atoms with E-state index >= 15 is 0 Å². The summed E-state index contributed by atoms with van der Waals surface area (Å²) in [5.41, 5.74) is 0.871. The zero-order valence-corrected chi connectivity index (χ0v) is 15.3. The van der Waals surface area contributed by atoms with E-state index in [1.165, 1.54) is 6.08 Å². The SMILES string of the molecule is COc1ccc(/C=C/C(=O)OCC(C)C)cc1O[Si](C)(C)C. The number of esters is 1. The molecule has 0 aliphatic rings. The monoisotopic (exact) mass is 322 g/mol. The van der Waals surface area contributed by atoms with Crippen molar-refractivity contribution in [2.45, 2.75) is 33.5 Å². The van der Waals surface area contributed by atoms with Gasteiger partial charge in [-0.3, -0.25) is 0 Å². The van der Waals surface area contributed by atoms with Crippen LogP contribution in [0.2, 0.25) is 19.6 Å². The van der Waals surface area contributed by atoms with Gasteiger partial charge in [-0.05, 0) is 49.3 Å². The predicted molar refractivity (Wildman–Crippen MR) is 91.8 cm³/mol. The Bertz CT molecular complexity index is 530. The summed E-state index contributed by atoms with van der Waals surface area (Å²) in [6.07, 6.45) is 3.15. The maximum absolute atomic E-state index is 11.6. The number of benzene rings is 1. The highest BCUT2D eigenvalue weighted by Gasteiger charge is 2.18. The Kier molecular flexibility index (Phi) is 6.68. The van der Waals surface area contributed by atoms with E-state index in [0.29, 0.717) is 24.0 Å². The van der Waals surface area contributed by atoms with Gasteiger partial charge in [0, 0.05) is 6.08 Å². The molecule has 0 amide bonds. The van der Waals surface area contributed by atoms with E-state index in [9.17, 15) is 4.79 Å². The quantitative estimate of drug-likeness (QED) is 0.430. The topological polar surface area (TPSA) is 44.8 Å². The number of methoxy groups -OCH3 is 1. The molecule has 0 saturated heterocycles. The highest BCUT2D eigenvalue weighted by atomic mass is 28.4. The molecule has 0 aromatic heterocycles. The highest BCUT2D eigenvalue weighted by Crippen LogP contribution is 2.30. The van der Waals surface area contributed by atoms with Gasteiger partial charge in [-0.15, -0.1) is 0 Å². The van der Waals surface area contributed by atoms with E-state index in [2.05, 4.69) is 19.6 Å². The molecule has 0 spiro atoms. The number of ether oxygens (including phenoxy) is 2. The molecule has 0 heterocycles. The van der Waals surface area contributed by atoms with Crippen molar-refractivity contribution in [2.24, 2.45) is 5.92 Å². The molecule has 122 valence electrons. The molecule has 22 heavy (non-hydrogen) atoms. The average Bonchev–Trinajstić information content (AvgIpc) is 2.41. The Hall–Kier alpha value is -1.75. The molecule has 1 rings (SSSR count). The van der Waals surface area contributed by atoms with Crippen LogP contribution in [0.15, 0.2) is 24.3 Å². The minimum atomic E-state index is -1.73. The van der Waals surface area contributed by atoms with Crippen LogP contribution in [-0.4, -0.2) is 28.0 Å². The summed E-state index contributed by atoms with van der Waals surface area (Å²) in [7, 11) is -0.118. The van der Waals surface area contributed by atoms with Crippen LogP contribution in [0.1, 0.15) is 19.4 Å². The Labute approximate surface area is 134 Å². The smallest absolute Gasteiger partial charge is 0.330 e. The molecule has 0 aliphatic heterocycles. The first-order valence-electron chi connectivity index (χ1n) is 7.43. The summed E-state index contributed by atoms with van der Waals surface area (Å²) < 4.78 is 16.4. The molecular weight excluding hydrogens is 296 g/mol. The number of carbonyl (C=O) groups excluding carboxylic acids is 1. The Balaban J connectivity index is 2.83. The van der Waals surface area contributed by atoms with E-state index in [-0.39, 0.29) is 5.97 Å². The van der Waals surface area contributed by atoms with Crippen LogP contribution in [0.4, 0.5) is 0 Å². The molecule has 0 atom stereocenters. The molecule has 1 aromatic rings. The third-order valence-electron chi connectivity index (χ3n) is 2.57. The van der Waals surface area contributed by atoms with Gasteiger partial charge in [-0.25, -0.2) is 4.79 Å². The molecule has 0 radical (unpaired) electrons. The van der Waals surface area contributed by atoms with Crippen molar-refractivity contribution in [1.82, 2.24) is 0 Å². The van der Waals surface area contributed by atoms with Crippen molar-refractivity contribution in [1.29, 1.82) is 0 Å². The van der Waals surface area contributed by atoms with Crippen LogP contribution in [0.3, 0.4) is 0 Å². The maximum atomic E-state index is 11.6. The molecular formula is C17H26O4Si. The van der Waals surface area contributed by atoms with Gasteiger partial charge in [0.2, 0.25) is 8.32 Å². The van der Waals surface area contributed by atoms with Crippen LogP contribution < -0.4 is 9.16 Å². The molecule has 4 nitrogen and oxygen atoms in total. The Morgan fingerprint density at radius 2 is 1.91 bits per heavy atom. The molecule has 0 saturated carbocycles. The second-order valence-corrected chi connectivity index (χ2v) is 10.9. The third kappa shape index (κ3) is 6.80. The van der Waals surface area contributed by atoms with Gasteiger partial charge in [-0.2, -0.15) is 0 Å². The lowest BCUT2D eigenvalue weighted by atomic mass is 10.2. The van der Waals surface area contributed by atoms with Crippen molar-refractivity contribution in [2.75, 3.05) is 13.7 Å². The summed E-state index contributed by atoms with van der Waals surface area (Å²) >= 11 is 0. The molecule has 0 unspecified atom stereocenters. The summed E-state index contributed by atoms with van der Waals surface area (Å²) in [6.45, 7) is 10.8. The van der Waals surface area contributed by atoms with Crippen LogP contribution in [0, 0.1) is 5.92 Å². The molecule has 0 fully saturated rings. The molecule has 0 bridgehead atoms. The van der Waals surface area contributed by atoms with E-state index in [0.717, 1.165) is 5.56 Å². The van der Waals surface area contributed by atoms with E-state index in [1.54, 1.807) is 13.2 Å². The fourth-order valence-corrected chi connectivity index (χ4v) is 2.49. The van der Waals surface area contributed by atoms with Gasteiger partial charge in [-0.1, -0.05) is 19.9 Å². The van der Waals surface area contributed by atoms with Crippen LogP contribution in [0.5, 0.6) is 11.5 Å². The zero-order valence-electron chi connectivity index (χ0n) is 14.3. The lowest BCUT2D eigenvalue weighted by Crippen LogP contribution is -2.29. The van der Waals surface area contributed by atoms with E-state index in [4.69, 9.17) is 13.9 Å². The summed E-state index contributed by atoms with van der Waals surface area (Å²) in [5.74, 6) is 1.40. The summed E-state index contributed by atoms with van der Waals surface area (Å²) in [4.78, 5) is 11.6. The van der Waals surface area contributed by atoms with Crippen molar-refractivity contribution in [3.8, 4) is 11.5 Å². The predicted octanol–water partition coefficient (Wildman–Crippen LogP) is 4.12. The zero-order chi connectivity index (χ0) is 16.8. The molecule has 0 N–H and O–H groups in total. The van der Waals surface area contributed by atoms with Gasteiger partial charge in [0.1, 0.15) is 5.75 Å². The molecule has 0 aliphatic carbocycles. The average molecular weight is 322 g/mol. The first-order valence-corrected chi connectivity index (χ1v) is 10.8. The number of rotatable bonds is 7. The second-order valence-electron chi connectivity index (χ2n) is 6.48. The largest absolute Gasteiger partial charge is 0.542 e. The van der Waals surface area contributed by atoms with Crippen LogP contribution >= 0.6 is 0 Å². The van der Waals surface area contributed by atoms with Crippen molar-refractivity contribution < 1.29 is 18.7 Å². The highest BCUT2D eigenvalue weighted by molar-refractivity contribution is 6.70. The van der Waals surface area contributed by atoms with Crippen molar-refractivity contribution in [3.05, 3.63) is 29.8 Å². The lowest BCUT2D eigenvalue weighted by Gasteiger charge is -2.21. The Morgan fingerprint density at radius 1 is 1.23 bits per heavy atom. The van der Waals surface area contributed by atoms with Crippen molar-refractivity contribution in [3.63, 3.8) is 0 Å². The first-order chi connectivity index (χ1) is 10.2. The van der Waals surface area contributed by atoms with Gasteiger partial charge >= 0.3 is 5.97 Å². The standard InChI is InChI=1S/C17H26O4Si/c1-13(2)12-20-17(18)10-8-14-7-9-15(19-3)16(11-14)21-22(4,5)6/h7-11,13H,12H2,1-6H3/b10-8+. The molecule has 1 aromatic carbocycles. The first kappa shape index (κ1) is 18.3. The third-order valence-corrected chi connectivity index (χ3v) is 3.41. The van der Waals surface area contributed by atoms with E-state index in [1.807, 2.05) is 32.0 Å². The van der Waals surface area contributed by atoms with Crippen molar-refractivity contribution >= 4 is 20.4 Å². The number of hydrogen-bond donors (Lipinski definition) is 0. The minimum Gasteiger partial charge on any atom is -0.542 e. The normalized spacial score (nSPS) is 11.8. The fourth-order valence-electron chi connectivity index (χ4n) is 1.67. The maximum Gasteiger partial charge on any atom is 0.330 e. The fraction of sp³-hybridized carbons (Fsp3) is 0.471. The van der Waals surface area contributed by atoms with Gasteiger partial charge in [0.05, 0.1) is 13.7 Å². The number of hydrogen-bond acceptors (Lipinski definition) is 4. The summed E-state index contributed by atoms with van der Waals surface area (Å²) in [6, 6.07) is 5.60. The van der Waals surface area contributed by atoms with Crippen LogP contribution in [-0.2, 0) is 9.53 Å². The lowest BCUT2D eigenvalue weighted by molar-refractivity contribution is -0.138. The van der Waals surface area contributed by atoms with Gasteiger partial charge in [0.15, 0.2) is 5.75 Å². The van der Waals surface area contributed by atoms with E-state index < -0.39 is 8.32 Å².